The van der Waals surface area contributed by atoms with Crippen molar-refractivity contribution in [3.63, 3.8) is 0 Å². The number of carbonyl (C=O) groups excluding carboxylic acids is 1. The highest BCUT2D eigenvalue weighted by molar-refractivity contribution is 5.92. The van der Waals surface area contributed by atoms with E-state index < -0.39 is 23.4 Å². The second-order valence-corrected chi connectivity index (χ2v) is 5.21. The van der Waals surface area contributed by atoms with Gasteiger partial charge in [-0.1, -0.05) is 13.3 Å². The van der Waals surface area contributed by atoms with Gasteiger partial charge in [0.1, 0.15) is 5.82 Å². The minimum atomic E-state index is -1.34. The predicted molar refractivity (Wildman–Crippen MR) is 74.5 cm³/mol. The summed E-state index contributed by atoms with van der Waals surface area (Å²) < 4.78 is 13.5. The van der Waals surface area contributed by atoms with Gasteiger partial charge in [0, 0.05) is 11.2 Å². The average Bonchev–Trinajstić information content (AvgIpc) is 2.26. The van der Waals surface area contributed by atoms with Crippen LogP contribution in [0.25, 0.3) is 0 Å². The van der Waals surface area contributed by atoms with E-state index in [2.05, 4.69) is 10.6 Å². The van der Waals surface area contributed by atoms with Gasteiger partial charge in [-0.15, -0.1) is 0 Å². The summed E-state index contributed by atoms with van der Waals surface area (Å²) >= 11 is 0. The van der Waals surface area contributed by atoms with Gasteiger partial charge in [-0.05, 0) is 38.5 Å². The van der Waals surface area contributed by atoms with Crippen LogP contribution in [0, 0.1) is 5.82 Å². The molecule has 20 heavy (non-hydrogen) atoms. The Morgan fingerprint density at radius 2 is 2.00 bits per heavy atom. The maximum Gasteiger partial charge on any atom is 0.338 e. The Morgan fingerprint density at radius 3 is 2.50 bits per heavy atom. The third kappa shape index (κ3) is 4.53. The number of carboxylic acids is 1. The van der Waals surface area contributed by atoms with Gasteiger partial charge in [0.2, 0.25) is 0 Å². The van der Waals surface area contributed by atoms with Gasteiger partial charge in [-0.3, -0.25) is 0 Å². The normalized spacial score (nSPS) is 11.0. The fourth-order valence-corrected chi connectivity index (χ4v) is 1.92. The molecule has 1 aromatic carbocycles. The molecular formula is C14H19FN2O3. The molecule has 0 aromatic heterocycles. The lowest BCUT2D eigenvalue weighted by molar-refractivity contribution is 0.0692. The van der Waals surface area contributed by atoms with Crippen LogP contribution in [0.15, 0.2) is 18.2 Å². The van der Waals surface area contributed by atoms with Crippen molar-refractivity contribution in [2.24, 2.45) is 0 Å². The number of halogens is 1. The molecule has 0 spiro atoms. The van der Waals surface area contributed by atoms with Gasteiger partial charge in [0.15, 0.2) is 0 Å². The minimum absolute atomic E-state index is 0.206. The largest absolute Gasteiger partial charge is 0.478 e. The van der Waals surface area contributed by atoms with Crippen molar-refractivity contribution < 1.29 is 19.1 Å². The van der Waals surface area contributed by atoms with Crippen LogP contribution in [0.1, 0.15) is 44.0 Å². The molecule has 0 unspecified atom stereocenters. The molecule has 0 aliphatic heterocycles. The number of rotatable bonds is 5. The van der Waals surface area contributed by atoms with Crippen molar-refractivity contribution in [2.75, 3.05) is 5.32 Å². The van der Waals surface area contributed by atoms with E-state index in [1.165, 1.54) is 6.07 Å². The highest BCUT2D eigenvalue weighted by Gasteiger charge is 2.19. The molecule has 1 rings (SSSR count). The first-order valence-corrected chi connectivity index (χ1v) is 6.37. The Kier molecular flexibility index (Phi) is 5.07. The molecule has 1 aromatic rings. The van der Waals surface area contributed by atoms with E-state index in [9.17, 15) is 14.0 Å². The fraction of sp³-hybridized carbons (Fsp3) is 0.429. The zero-order valence-electron chi connectivity index (χ0n) is 11.8. The van der Waals surface area contributed by atoms with Gasteiger partial charge in [0.05, 0.1) is 5.56 Å². The molecule has 0 atom stereocenters. The monoisotopic (exact) mass is 282 g/mol. The molecule has 0 bridgehead atoms. The number of aromatic carboxylic acids is 1. The summed E-state index contributed by atoms with van der Waals surface area (Å²) in [4.78, 5) is 22.4. The number of urea groups is 1. The van der Waals surface area contributed by atoms with Gasteiger partial charge in [-0.2, -0.15) is 0 Å². The van der Waals surface area contributed by atoms with Crippen LogP contribution >= 0.6 is 0 Å². The SMILES string of the molecule is CCCC(C)(C)NC(=O)Nc1ccc(C(=O)O)c(F)c1. The third-order valence-corrected chi connectivity index (χ3v) is 2.78. The molecule has 0 fully saturated rings. The summed E-state index contributed by atoms with van der Waals surface area (Å²) in [6.45, 7) is 5.80. The minimum Gasteiger partial charge on any atom is -0.478 e. The molecular weight excluding hydrogens is 263 g/mol. The molecule has 0 radical (unpaired) electrons. The lowest BCUT2D eigenvalue weighted by Crippen LogP contribution is -2.45. The van der Waals surface area contributed by atoms with Crippen LogP contribution in [-0.4, -0.2) is 22.6 Å². The highest BCUT2D eigenvalue weighted by atomic mass is 19.1. The quantitative estimate of drug-likeness (QED) is 0.775. The summed E-state index contributed by atoms with van der Waals surface area (Å²) in [5.74, 6) is -2.23. The maximum absolute atomic E-state index is 13.5. The zero-order chi connectivity index (χ0) is 15.3. The number of carbonyl (C=O) groups is 2. The van der Waals surface area contributed by atoms with Crippen LogP contribution in [0.5, 0.6) is 0 Å². The molecule has 0 heterocycles. The molecule has 2 amide bonds. The Hall–Kier alpha value is -2.11. The summed E-state index contributed by atoms with van der Waals surface area (Å²) in [5.41, 5.74) is -0.585. The van der Waals surface area contributed by atoms with Gasteiger partial charge < -0.3 is 15.7 Å². The van der Waals surface area contributed by atoms with E-state index >= 15 is 0 Å². The topological polar surface area (TPSA) is 78.4 Å². The molecule has 0 saturated heterocycles. The Balaban J connectivity index is 2.72. The lowest BCUT2D eigenvalue weighted by atomic mass is 9.99. The second-order valence-electron chi connectivity index (χ2n) is 5.21. The van der Waals surface area contributed by atoms with Crippen molar-refractivity contribution in [1.82, 2.24) is 5.32 Å². The predicted octanol–water partition coefficient (Wildman–Crippen LogP) is 3.22. The Bertz CT molecular complexity index is 515. The fourth-order valence-electron chi connectivity index (χ4n) is 1.92. The van der Waals surface area contributed by atoms with Gasteiger partial charge >= 0.3 is 12.0 Å². The molecule has 3 N–H and O–H groups in total. The standard InChI is InChI=1S/C14H19FN2O3/c1-4-7-14(2,3)17-13(20)16-9-5-6-10(12(18)19)11(15)8-9/h5-6,8H,4,7H2,1-3H3,(H,18,19)(H2,16,17,20). The van der Waals surface area contributed by atoms with Gasteiger partial charge in [-0.25, -0.2) is 14.0 Å². The first kappa shape index (κ1) is 15.9. The molecule has 5 nitrogen and oxygen atoms in total. The van der Waals surface area contributed by atoms with Crippen molar-refractivity contribution in [1.29, 1.82) is 0 Å². The van der Waals surface area contributed by atoms with E-state index in [0.717, 1.165) is 25.0 Å². The number of hydrogen-bond donors (Lipinski definition) is 3. The van der Waals surface area contributed by atoms with E-state index in [0.29, 0.717) is 0 Å². The van der Waals surface area contributed by atoms with Gasteiger partial charge in [0.25, 0.3) is 0 Å². The van der Waals surface area contributed by atoms with Crippen LogP contribution in [0.3, 0.4) is 0 Å². The number of nitrogens with one attached hydrogen (secondary N) is 2. The molecule has 0 aliphatic carbocycles. The summed E-state index contributed by atoms with van der Waals surface area (Å²) in [5, 5.41) is 14.0. The van der Waals surface area contributed by atoms with E-state index in [1.54, 1.807) is 0 Å². The third-order valence-electron chi connectivity index (χ3n) is 2.78. The van der Waals surface area contributed by atoms with Crippen LogP contribution in [0.2, 0.25) is 0 Å². The second kappa shape index (κ2) is 6.36. The summed E-state index contributed by atoms with van der Waals surface area (Å²) in [6, 6.07) is 2.99. The van der Waals surface area contributed by atoms with Crippen molar-refractivity contribution in [3.05, 3.63) is 29.6 Å². The van der Waals surface area contributed by atoms with E-state index in [1.807, 2.05) is 20.8 Å². The summed E-state index contributed by atoms with van der Waals surface area (Å²) in [6.07, 6.45) is 1.74. The number of amides is 2. The molecule has 0 aliphatic rings. The van der Waals surface area contributed by atoms with Crippen LogP contribution in [-0.2, 0) is 0 Å². The number of carboxylic acid groups (broad SMARTS) is 1. The van der Waals surface area contributed by atoms with Crippen LogP contribution < -0.4 is 10.6 Å². The van der Waals surface area contributed by atoms with Crippen molar-refractivity contribution in [3.8, 4) is 0 Å². The average molecular weight is 282 g/mol. The molecule has 6 heteroatoms. The van der Waals surface area contributed by atoms with E-state index in [4.69, 9.17) is 5.11 Å². The smallest absolute Gasteiger partial charge is 0.338 e. The van der Waals surface area contributed by atoms with Crippen molar-refractivity contribution >= 4 is 17.7 Å². The lowest BCUT2D eigenvalue weighted by Gasteiger charge is -2.25. The van der Waals surface area contributed by atoms with E-state index in [-0.39, 0.29) is 11.2 Å². The van der Waals surface area contributed by atoms with Crippen molar-refractivity contribution in [2.45, 2.75) is 39.2 Å². The van der Waals surface area contributed by atoms with Crippen LogP contribution in [0.4, 0.5) is 14.9 Å². The first-order valence-electron chi connectivity index (χ1n) is 6.37. The zero-order valence-corrected chi connectivity index (χ0v) is 11.8. The Labute approximate surface area is 117 Å². The summed E-state index contributed by atoms with van der Waals surface area (Å²) in [7, 11) is 0. The number of hydrogen-bond acceptors (Lipinski definition) is 2. The Morgan fingerprint density at radius 1 is 1.35 bits per heavy atom. The number of benzene rings is 1. The first-order chi connectivity index (χ1) is 9.25. The molecule has 0 saturated carbocycles. The maximum atomic E-state index is 13.5. The highest BCUT2D eigenvalue weighted by Crippen LogP contribution is 2.15. The number of anilines is 1. The molecule has 110 valence electrons.